The number of rotatable bonds is 36. The Bertz CT molecular complexity index is 3940. The van der Waals surface area contributed by atoms with Crippen molar-refractivity contribution in [3.05, 3.63) is 342 Å². The average Bonchev–Trinajstić information content (AvgIpc) is 0.758. The Morgan fingerprint density at radius 3 is 0.971 bits per heavy atom. The van der Waals surface area contributed by atoms with Crippen LogP contribution in [0.2, 0.25) is 5.04 Å². The number of methoxy groups -OCH3 is 1. The van der Waals surface area contributed by atoms with Crippen LogP contribution in [0.1, 0.15) is 65.3 Å². The van der Waals surface area contributed by atoms with E-state index in [4.69, 9.17) is 61.3 Å². The molecule has 12 atom stereocenters. The zero-order valence-corrected chi connectivity index (χ0v) is 60.3. The molecule has 1 heterocycles. The Morgan fingerprint density at radius 1 is 0.330 bits per heavy atom. The predicted octanol–water partition coefficient (Wildman–Crippen LogP) is 14.8. The fraction of sp³-hybridized carbons (Fsp3) is 0.318. The van der Waals surface area contributed by atoms with Gasteiger partial charge in [-0.3, -0.25) is 0 Å². The lowest BCUT2D eigenvalue weighted by atomic mass is 9.83. The van der Waals surface area contributed by atoms with E-state index in [1.807, 2.05) is 249 Å². The van der Waals surface area contributed by atoms with E-state index in [0.717, 1.165) is 54.9 Å². The number of hydrogen-bond donors (Lipinski definition) is 1. The van der Waals surface area contributed by atoms with Crippen molar-refractivity contribution < 1.29 is 66.4 Å². The van der Waals surface area contributed by atoms with Gasteiger partial charge >= 0.3 is 0 Å². The van der Waals surface area contributed by atoms with Gasteiger partial charge in [0.15, 0.2) is 6.29 Å². The molecule has 0 radical (unpaired) electrons. The van der Waals surface area contributed by atoms with Crippen molar-refractivity contribution in [2.75, 3.05) is 26.9 Å². The maximum Gasteiger partial charge on any atom is 0.261 e. The third-order valence-electron chi connectivity index (χ3n) is 18.9. The van der Waals surface area contributed by atoms with E-state index < -0.39 is 81.8 Å². The first-order valence-corrected chi connectivity index (χ1v) is 37.6. The summed E-state index contributed by atoms with van der Waals surface area (Å²) in [5, 5.41) is 14.6. The third kappa shape index (κ3) is 20.4. The van der Waals surface area contributed by atoms with Crippen LogP contribution in [0, 0.1) is 0 Å². The van der Waals surface area contributed by atoms with E-state index in [9.17, 15) is 5.11 Å². The van der Waals surface area contributed by atoms with Gasteiger partial charge in [0.1, 0.15) is 66.8 Å². The minimum Gasteiger partial charge on any atom is -0.497 e. The second-order valence-electron chi connectivity index (χ2n) is 27.3. The summed E-state index contributed by atoms with van der Waals surface area (Å²) >= 11 is 0. The van der Waals surface area contributed by atoms with Gasteiger partial charge in [0.25, 0.3) is 8.32 Å². The van der Waals surface area contributed by atoms with Gasteiger partial charge < -0.3 is 66.4 Å². The Morgan fingerprint density at radius 2 is 0.621 bits per heavy atom. The first-order valence-electron chi connectivity index (χ1n) is 35.7. The van der Waals surface area contributed by atoms with E-state index in [2.05, 4.69) is 69.3 Å². The summed E-state index contributed by atoms with van der Waals surface area (Å²) < 4.78 is 94.6. The first-order chi connectivity index (χ1) is 50.6. The smallest absolute Gasteiger partial charge is 0.261 e. The summed E-state index contributed by atoms with van der Waals surface area (Å²) in [5.74, 6) is 0.689. The van der Waals surface area contributed by atoms with Crippen LogP contribution in [0.25, 0.3) is 0 Å². The molecule has 0 spiro atoms. The van der Waals surface area contributed by atoms with Gasteiger partial charge in [0.05, 0.1) is 85.9 Å². The number of ether oxygens (including phenoxy) is 12. The molecule has 10 aromatic rings. The van der Waals surface area contributed by atoms with Crippen molar-refractivity contribution in [3.63, 3.8) is 0 Å². The summed E-state index contributed by atoms with van der Waals surface area (Å²) in [4.78, 5) is 0. The lowest BCUT2D eigenvalue weighted by molar-refractivity contribution is -0.366. The molecule has 1 N–H and O–H groups in total. The Labute approximate surface area is 608 Å². The van der Waals surface area contributed by atoms with E-state index in [0.29, 0.717) is 12.4 Å². The molecule has 0 aromatic heterocycles. The van der Waals surface area contributed by atoms with Crippen LogP contribution in [-0.2, 0) is 109 Å². The first kappa shape index (κ1) is 74.4. The molecular formula is C88H96O14Si. The second-order valence-corrected chi connectivity index (χ2v) is 31.6. The zero-order chi connectivity index (χ0) is 70.9. The highest BCUT2D eigenvalue weighted by atomic mass is 28.4. The van der Waals surface area contributed by atoms with Crippen molar-refractivity contribution in [2.45, 2.75) is 152 Å². The summed E-state index contributed by atoms with van der Waals surface area (Å²) in [6, 6.07) is 98.9. The molecule has 14 nitrogen and oxygen atoms in total. The maximum absolute atomic E-state index is 12.8. The molecule has 103 heavy (non-hydrogen) atoms. The van der Waals surface area contributed by atoms with Crippen molar-refractivity contribution in [1.82, 2.24) is 0 Å². The highest BCUT2D eigenvalue weighted by molar-refractivity contribution is 6.99. The molecule has 1 saturated carbocycles. The molecular weight excluding hydrogens is 1310 g/mol. The summed E-state index contributed by atoms with van der Waals surface area (Å²) in [5.41, 5.74) is 7.38. The molecule has 1 saturated heterocycles. The molecule has 12 rings (SSSR count). The number of aliphatic hydroxyl groups excluding tert-OH is 1. The third-order valence-corrected chi connectivity index (χ3v) is 23.9. The van der Waals surface area contributed by atoms with Gasteiger partial charge in [-0.25, -0.2) is 0 Å². The molecule has 10 aromatic carbocycles. The normalized spacial score (nSPS) is 21.7. The minimum atomic E-state index is -3.16. The van der Waals surface area contributed by atoms with Crippen LogP contribution in [0.15, 0.2) is 297 Å². The number of benzene rings is 10. The SMILES string of the molecule is COc1ccc(CO[C@H]2[C@H](OC[C@@H](O)CO[Si](c3ccccc3)(c3ccccc3)C(C)(C)C)[C@@H](OCc3ccccc3)[C@H](OCc3ccccc3)[C@@H](OCc3ccccc3)[C@H]2O[C@H]2O[C@H](COCc3ccccc3)[C@@H](OCc3ccccc3)[C@H](OCc3ccccc3)[C@@H]2OCc2ccccc2)cc1. The van der Waals surface area contributed by atoms with Crippen molar-refractivity contribution in [3.8, 4) is 5.75 Å². The monoisotopic (exact) mass is 1400 g/mol. The highest BCUT2D eigenvalue weighted by Gasteiger charge is 2.59. The summed E-state index contributed by atoms with van der Waals surface area (Å²) in [6.07, 6.45) is -12.2. The Kier molecular flexibility index (Phi) is 27.4. The molecule has 1 aliphatic heterocycles. The molecule has 0 unspecified atom stereocenters. The molecule has 2 aliphatic rings. The van der Waals surface area contributed by atoms with Gasteiger partial charge in [-0.05, 0) is 72.1 Å². The Hall–Kier alpha value is -8.30. The van der Waals surface area contributed by atoms with Crippen LogP contribution in [0.5, 0.6) is 5.75 Å². The van der Waals surface area contributed by atoms with E-state index in [-0.39, 0.29) is 71.1 Å². The molecule has 0 bridgehead atoms. The Balaban J connectivity index is 1.00. The van der Waals surface area contributed by atoms with E-state index >= 15 is 0 Å². The standard InChI is InChI=1S/C88H96O14Si/c1-88(2,3)103(75-46-28-12-29-47-75,76-48-30-13-31-49-76)100-63-73(89)62-99-82-80(94-57-68-38-20-8-21-39-68)81(95-58-69-40-22-9-23-41-69)83(96-59-70-42-24-10-25-43-70)85(84(82)97-61-72-50-52-74(90-4)53-51-72)102-87-86(98-60-71-44-26-11-27-45-71)79(93-56-67-36-18-7-19-37-67)78(92-55-66-34-16-6-17-35-66)77(101-87)64-91-54-65-32-14-5-15-33-65/h5-53,73,77-87,89H,54-64H2,1-4H3/t73-,77-,78-,79+,80+,81+,82-,83-,84+,85-,86+,87-/m1/s1. The predicted molar refractivity (Wildman–Crippen MR) is 401 cm³/mol. The second kappa shape index (κ2) is 37.9. The maximum atomic E-state index is 12.8. The van der Waals surface area contributed by atoms with Gasteiger partial charge in [0.2, 0.25) is 0 Å². The topological polar surface area (TPSA) is 140 Å². The van der Waals surface area contributed by atoms with E-state index in [1.165, 1.54) is 0 Å². The number of hydrogen-bond acceptors (Lipinski definition) is 14. The number of aliphatic hydroxyl groups is 1. The molecule has 1 aliphatic carbocycles. The van der Waals surface area contributed by atoms with Gasteiger partial charge in [-0.2, -0.15) is 0 Å². The van der Waals surface area contributed by atoms with Crippen molar-refractivity contribution in [2.24, 2.45) is 0 Å². The molecule has 2 fully saturated rings. The zero-order valence-electron chi connectivity index (χ0n) is 59.3. The lowest BCUT2D eigenvalue weighted by Crippen LogP contribution is -2.70. The van der Waals surface area contributed by atoms with Gasteiger partial charge in [-0.15, -0.1) is 0 Å². The van der Waals surface area contributed by atoms with Crippen LogP contribution in [0.4, 0.5) is 0 Å². The fourth-order valence-electron chi connectivity index (χ4n) is 13.7. The fourth-order valence-corrected chi connectivity index (χ4v) is 18.3. The van der Waals surface area contributed by atoms with Gasteiger partial charge in [0, 0.05) is 0 Å². The van der Waals surface area contributed by atoms with Gasteiger partial charge in [-0.1, -0.05) is 306 Å². The quantitative estimate of drug-likeness (QED) is 0.0372. The van der Waals surface area contributed by atoms with Crippen LogP contribution in [-0.4, -0.2) is 114 Å². The molecule has 0 amide bonds. The average molecular weight is 1410 g/mol. The van der Waals surface area contributed by atoms with Crippen molar-refractivity contribution in [1.29, 1.82) is 0 Å². The highest BCUT2D eigenvalue weighted by Crippen LogP contribution is 2.41. The summed E-state index contributed by atoms with van der Waals surface area (Å²) in [7, 11) is -1.52. The molecule has 15 heteroatoms. The minimum absolute atomic E-state index is 0.0634. The summed E-state index contributed by atoms with van der Waals surface area (Å²) in [6.45, 7) is 7.79. The van der Waals surface area contributed by atoms with Crippen LogP contribution in [0.3, 0.4) is 0 Å². The van der Waals surface area contributed by atoms with Crippen LogP contribution >= 0.6 is 0 Å². The molecule has 536 valence electrons. The van der Waals surface area contributed by atoms with E-state index in [1.54, 1.807) is 7.11 Å². The van der Waals surface area contributed by atoms with Crippen LogP contribution < -0.4 is 15.1 Å². The lowest BCUT2D eigenvalue weighted by Gasteiger charge is -2.52. The largest absolute Gasteiger partial charge is 0.497 e. The van der Waals surface area contributed by atoms with Crippen molar-refractivity contribution >= 4 is 18.7 Å².